The second-order valence-corrected chi connectivity index (χ2v) is 5.38. The van der Waals surface area contributed by atoms with Gasteiger partial charge in [0.2, 0.25) is 0 Å². The van der Waals surface area contributed by atoms with Gasteiger partial charge in [-0.2, -0.15) is 13.2 Å². The Hall–Kier alpha value is -1.37. The molecule has 2 atom stereocenters. The van der Waals surface area contributed by atoms with Crippen molar-refractivity contribution in [1.82, 2.24) is 15.5 Å². The van der Waals surface area contributed by atoms with Gasteiger partial charge in [0.05, 0.1) is 0 Å². The second-order valence-electron chi connectivity index (χ2n) is 5.38. The van der Waals surface area contributed by atoms with Gasteiger partial charge < -0.3 is 10.2 Å². The van der Waals surface area contributed by atoms with E-state index in [0.717, 1.165) is 44.8 Å². The Labute approximate surface area is 115 Å². The van der Waals surface area contributed by atoms with Crippen LogP contribution in [0.25, 0.3) is 0 Å². The molecule has 1 aromatic rings. The van der Waals surface area contributed by atoms with Crippen molar-refractivity contribution >= 4 is 5.82 Å². The van der Waals surface area contributed by atoms with E-state index in [4.69, 9.17) is 0 Å². The number of halogens is 3. The third kappa shape index (κ3) is 2.59. The van der Waals surface area contributed by atoms with Gasteiger partial charge in [0.15, 0.2) is 11.5 Å². The Morgan fingerprint density at radius 2 is 2.00 bits per heavy atom. The Kier molecular flexibility index (Phi) is 3.54. The van der Waals surface area contributed by atoms with E-state index >= 15 is 0 Å². The van der Waals surface area contributed by atoms with Crippen LogP contribution in [-0.2, 0) is 6.18 Å². The van der Waals surface area contributed by atoms with Crippen LogP contribution < -0.4 is 10.2 Å². The molecule has 2 unspecified atom stereocenters. The number of nitrogens with one attached hydrogen (secondary N) is 1. The summed E-state index contributed by atoms with van der Waals surface area (Å²) < 4.78 is 37.5. The quantitative estimate of drug-likeness (QED) is 0.905. The lowest BCUT2D eigenvalue weighted by Gasteiger charge is -2.30. The minimum Gasteiger partial charge on any atom is -0.351 e. The van der Waals surface area contributed by atoms with Crippen molar-refractivity contribution in [1.29, 1.82) is 0 Å². The number of nitrogens with zero attached hydrogens (tertiary/aromatic N) is 3. The van der Waals surface area contributed by atoms with Gasteiger partial charge in [0.1, 0.15) is 0 Å². The SMILES string of the molecule is FC(F)(F)c1ccc(N2CCCC2C2CCCN2)nn1. The summed E-state index contributed by atoms with van der Waals surface area (Å²) in [5.41, 5.74) is -0.934. The van der Waals surface area contributed by atoms with Gasteiger partial charge in [0.25, 0.3) is 0 Å². The Morgan fingerprint density at radius 3 is 2.60 bits per heavy atom. The van der Waals surface area contributed by atoms with E-state index in [-0.39, 0.29) is 0 Å². The third-order valence-electron chi connectivity index (χ3n) is 4.10. The number of hydrogen-bond donors (Lipinski definition) is 1. The first-order valence-corrected chi connectivity index (χ1v) is 6.96. The van der Waals surface area contributed by atoms with Crippen molar-refractivity contribution in [3.05, 3.63) is 17.8 Å². The van der Waals surface area contributed by atoms with Crippen LogP contribution in [0.5, 0.6) is 0 Å². The molecule has 3 heterocycles. The van der Waals surface area contributed by atoms with Crippen LogP contribution in [0.2, 0.25) is 0 Å². The zero-order valence-corrected chi connectivity index (χ0v) is 11.0. The van der Waals surface area contributed by atoms with Crippen LogP contribution in [0, 0.1) is 0 Å². The summed E-state index contributed by atoms with van der Waals surface area (Å²) >= 11 is 0. The highest BCUT2D eigenvalue weighted by atomic mass is 19.4. The van der Waals surface area contributed by atoms with Crippen LogP contribution in [0.1, 0.15) is 31.4 Å². The highest BCUT2D eigenvalue weighted by Gasteiger charge is 2.36. The normalized spacial score (nSPS) is 27.2. The highest BCUT2D eigenvalue weighted by Crippen LogP contribution is 2.31. The van der Waals surface area contributed by atoms with E-state index in [0.29, 0.717) is 17.9 Å². The first kappa shape index (κ1) is 13.6. The molecule has 1 N–H and O–H groups in total. The van der Waals surface area contributed by atoms with Crippen molar-refractivity contribution in [2.45, 2.75) is 43.9 Å². The maximum Gasteiger partial charge on any atom is 0.435 e. The summed E-state index contributed by atoms with van der Waals surface area (Å²) in [4.78, 5) is 2.09. The van der Waals surface area contributed by atoms with Crippen molar-refractivity contribution in [3.8, 4) is 0 Å². The largest absolute Gasteiger partial charge is 0.435 e. The lowest BCUT2D eigenvalue weighted by atomic mass is 10.0. The van der Waals surface area contributed by atoms with Gasteiger partial charge in [-0.15, -0.1) is 10.2 Å². The Bertz CT molecular complexity index is 454. The molecule has 2 aliphatic heterocycles. The van der Waals surface area contributed by atoms with E-state index < -0.39 is 11.9 Å². The monoisotopic (exact) mass is 286 g/mol. The summed E-state index contributed by atoms with van der Waals surface area (Å²) in [5, 5.41) is 10.6. The summed E-state index contributed by atoms with van der Waals surface area (Å²) in [6, 6.07) is 3.19. The average molecular weight is 286 g/mol. The molecule has 0 saturated carbocycles. The molecule has 0 amide bonds. The molecule has 4 nitrogen and oxygen atoms in total. The molecule has 0 bridgehead atoms. The molecule has 20 heavy (non-hydrogen) atoms. The fourth-order valence-corrected chi connectivity index (χ4v) is 3.16. The molecule has 0 aromatic carbocycles. The number of rotatable bonds is 2. The molecular weight excluding hydrogens is 269 g/mol. The van der Waals surface area contributed by atoms with Crippen molar-refractivity contribution < 1.29 is 13.2 Å². The summed E-state index contributed by atoms with van der Waals surface area (Å²) in [6.07, 6.45) is -0.0439. The minimum absolute atomic E-state index is 0.323. The summed E-state index contributed by atoms with van der Waals surface area (Å²) in [5.74, 6) is 0.550. The molecule has 2 fully saturated rings. The Balaban J connectivity index is 1.77. The maximum absolute atomic E-state index is 12.5. The fourth-order valence-electron chi connectivity index (χ4n) is 3.16. The molecule has 110 valence electrons. The number of anilines is 1. The molecule has 2 aliphatic rings. The second kappa shape index (κ2) is 5.20. The van der Waals surface area contributed by atoms with Crippen molar-refractivity contribution in [2.24, 2.45) is 0 Å². The zero-order valence-electron chi connectivity index (χ0n) is 11.0. The van der Waals surface area contributed by atoms with E-state index in [1.54, 1.807) is 0 Å². The molecule has 7 heteroatoms. The van der Waals surface area contributed by atoms with Gasteiger partial charge in [-0.3, -0.25) is 0 Å². The van der Waals surface area contributed by atoms with Crippen LogP contribution in [-0.4, -0.2) is 35.4 Å². The van der Waals surface area contributed by atoms with Crippen LogP contribution >= 0.6 is 0 Å². The van der Waals surface area contributed by atoms with E-state index in [1.807, 2.05) is 0 Å². The van der Waals surface area contributed by atoms with E-state index in [1.165, 1.54) is 6.07 Å². The average Bonchev–Trinajstić information content (AvgIpc) is 3.08. The Morgan fingerprint density at radius 1 is 1.15 bits per heavy atom. The number of alkyl halides is 3. The van der Waals surface area contributed by atoms with Gasteiger partial charge >= 0.3 is 6.18 Å². The van der Waals surface area contributed by atoms with Gasteiger partial charge in [0, 0.05) is 18.6 Å². The van der Waals surface area contributed by atoms with Crippen LogP contribution in [0.3, 0.4) is 0 Å². The fraction of sp³-hybridized carbons (Fsp3) is 0.692. The van der Waals surface area contributed by atoms with E-state index in [9.17, 15) is 13.2 Å². The van der Waals surface area contributed by atoms with Crippen molar-refractivity contribution in [2.75, 3.05) is 18.0 Å². The molecule has 1 aromatic heterocycles. The molecule has 0 radical (unpaired) electrons. The summed E-state index contributed by atoms with van der Waals surface area (Å²) in [6.45, 7) is 1.86. The highest BCUT2D eigenvalue weighted by molar-refractivity contribution is 5.41. The van der Waals surface area contributed by atoms with Gasteiger partial charge in [-0.1, -0.05) is 0 Å². The standard InChI is InChI=1S/C13H17F3N4/c14-13(15,16)11-5-6-12(19-18-11)20-8-2-4-10(20)9-3-1-7-17-9/h5-6,9-10,17H,1-4,7-8H2. The molecule has 0 aliphatic carbocycles. The van der Waals surface area contributed by atoms with Crippen LogP contribution in [0.4, 0.5) is 19.0 Å². The molecule has 0 spiro atoms. The van der Waals surface area contributed by atoms with E-state index in [2.05, 4.69) is 20.4 Å². The minimum atomic E-state index is -4.43. The molecule has 2 saturated heterocycles. The summed E-state index contributed by atoms with van der Waals surface area (Å²) in [7, 11) is 0. The van der Waals surface area contributed by atoms with Gasteiger partial charge in [-0.05, 0) is 44.4 Å². The number of aromatic nitrogens is 2. The van der Waals surface area contributed by atoms with Gasteiger partial charge in [-0.25, -0.2) is 0 Å². The van der Waals surface area contributed by atoms with Crippen molar-refractivity contribution in [3.63, 3.8) is 0 Å². The first-order chi connectivity index (χ1) is 9.55. The smallest absolute Gasteiger partial charge is 0.351 e. The maximum atomic E-state index is 12.5. The lowest BCUT2D eigenvalue weighted by molar-refractivity contribution is -0.141. The zero-order chi connectivity index (χ0) is 14.2. The molecular formula is C13H17F3N4. The first-order valence-electron chi connectivity index (χ1n) is 6.96. The molecule has 3 rings (SSSR count). The predicted octanol–water partition coefficient (Wildman–Crippen LogP) is 2.22. The topological polar surface area (TPSA) is 41.0 Å². The van der Waals surface area contributed by atoms with Crippen LogP contribution in [0.15, 0.2) is 12.1 Å². The third-order valence-corrected chi connectivity index (χ3v) is 4.10. The lowest BCUT2D eigenvalue weighted by Crippen LogP contribution is -2.44. The number of hydrogen-bond acceptors (Lipinski definition) is 4. The predicted molar refractivity (Wildman–Crippen MR) is 68.4 cm³/mol.